The Bertz CT molecular complexity index is 266. The number of aromatic nitrogens is 1. The summed E-state index contributed by atoms with van der Waals surface area (Å²) in [4.78, 5) is 4.09. The number of halogens is 3. The highest BCUT2D eigenvalue weighted by Crippen LogP contribution is 2.03. The van der Waals surface area contributed by atoms with Crippen LogP contribution in [0, 0.1) is 0 Å². The fraction of sp³-hybridized carbons (Fsp3) is 0.545. The topological polar surface area (TPSA) is 37.0 Å². The van der Waals surface area contributed by atoms with Crippen molar-refractivity contribution in [1.29, 1.82) is 0 Å². The van der Waals surface area contributed by atoms with Crippen LogP contribution in [0.5, 0.6) is 0 Å². The standard InChI is InChI=1S/C11H17N3.3ClH/c1-3-10(7-12-5-1)8-14-11-4-2-6-13-9-11;;;/h1,3,5,7,11,13-14H,2,4,6,8-9H2;3*1H/t11-;;;/m1.../s1. The first kappa shape index (κ1) is 19.3. The van der Waals surface area contributed by atoms with Gasteiger partial charge >= 0.3 is 0 Å². The molecular formula is C11H20Cl3N3. The Morgan fingerprint density at radius 2 is 2.18 bits per heavy atom. The van der Waals surface area contributed by atoms with Crippen molar-refractivity contribution >= 4 is 37.2 Å². The Balaban J connectivity index is 0. The van der Waals surface area contributed by atoms with E-state index in [0.29, 0.717) is 6.04 Å². The monoisotopic (exact) mass is 299 g/mol. The van der Waals surface area contributed by atoms with E-state index in [1.807, 2.05) is 18.5 Å². The lowest BCUT2D eigenvalue weighted by Crippen LogP contribution is -2.42. The molecule has 100 valence electrons. The molecular weight excluding hydrogens is 281 g/mol. The second-order valence-corrected chi connectivity index (χ2v) is 3.79. The minimum Gasteiger partial charge on any atom is -0.315 e. The number of rotatable bonds is 3. The molecule has 1 aliphatic heterocycles. The molecule has 0 bridgehead atoms. The molecule has 0 aliphatic carbocycles. The Morgan fingerprint density at radius 3 is 2.76 bits per heavy atom. The van der Waals surface area contributed by atoms with Gasteiger partial charge in [0.15, 0.2) is 0 Å². The van der Waals surface area contributed by atoms with E-state index < -0.39 is 0 Å². The number of nitrogens with one attached hydrogen (secondary N) is 2. The summed E-state index contributed by atoms with van der Waals surface area (Å²) in [5.74, 6) is 0. The van der Waals surface area contributed by atoms with Gasteiger partial charge in [0, 0.05) is 31.5 Å². The highest BCUT2D eigenvalue weighted by Gasteiger charge is 2.11. The third-order valence-electron chi connectivity index (χ3n) is 2.61. The molecule has 2 heterocycles. The summed E-state index contributed by atoms with van der Waals surface area (Å²) in [5, 5.41) is 6.93. The third-order valence-corrected chi connectivity index (χ3v) is 2.61. The van der Waals surface area contributed by atoms with Gasteiger partial charge in [-0.1, -0.05) is 6.07 Å². The summed E-state index contributed by atoms with van der Waals surface area (Å²) >= 11 is 0. The fourth-order valence-electron chi connectivity index (χ4n) is 1.79. The molecule has 0 amide bonds. The van der Waals surface area contributed by atoms with Crippen molar-refractivity contribution in [3.05, 3.63) is 30.1 Å². The zero-order valence-electron chi connectivity index (χ0n) is 9.59. The van der Waals surface area contributed by atoms with Gasteiger partial charge in [0.1, 0.15) is 0 Å². The van der Waals surface area contributed by atoms with E-state index in [4.69, 9.17) is 0 Å². The van der Waals surface area contributed by atoms with Gasteiger partial charge in [-0.2, -0.15) is 0 Å². The first-order chi connectivity index (χ1) is 6.95. The second-order valence-electron chi connectivity index (χ2n) is 3.79. The van der Waals surface area contributed by atoms with Crippen molar-refractivity contribution in [3.63, 3.8) is 0 Å². The van der Waals surface area contributed by atoms with Gasteiger partial charge in [0.05, 0.1) is 0 Å². The van der Waals surface area contributed by atoms with Crippen molar-refractivity contribution < 1.29 is 0 Å². The Hall–Kier alpha value is -0.0600. The van der Waals surface area contributed by atoms with E-state index in [1.165, 1.54) is 24.9 Å². The molecule has 1 aromatic rings. The molecule has 3 nitrogen and oxygen atoms in total. The van der Waals surface area contributed by atoms with E-state index in [2.05, 4.69) is 21.7 Å². The molecule has 1 fully saturated rings. The Labute approximate surface area is 121 Å². The molecule has 17 heavy (non-hydrogen) atoms. The van der Waals surface area contributed by atoms with Crippen molar-refractivity contribution in [2.45, 2.75) is 25.4 Å². The summed E-state index contributed by atoms with van der Waals surface area (Å²) in [7, 11) is 0. The molecule has 1 saturated heterocycles. The molecule has 1 atom stereocenters. The predicted octanol–water partition coefficient (Wildman–Crippen LogP) is 2.19. The van der Waals surface area contributed by atoms with Crippen LogP contribution in [-0.4, -0.2) is 24.1 Å². The molecule has 2 rings (SSSR count). The van der Waals surface area contributed by atoms with Crippen LogP contribution >= 0.6 is 37.2 Å². The molecule has 0 unspecified atom stereocenters. The molecule has 0 aromatic carbocycles. The lowest BCUT2D eigenvalue weighted by molar-refractivity contribution is 0.389. The van der Waals surface area contributed by atoms with Crippen LogP contribution < -0.4 is 10.6 Å². The SMILES string of the molecule is Cl.Cl.Cl.c1cncc(CN[C@@H]2CCCNC2)c1. The highest BCUT2D eigenvalue weighted by molar-refractivity contribution is 5.86. The summed E-state index contributed by atoms with van der Waals surface area (Å²) in [5.41, 5.74) is 1.26. The summed E-state index contributed by atoms with van der Waals surface area (Å²) in [6, 6.07) is 4.72. The largest absolute Gasteiger partial charge is 0.315 e. The molecule has 0 spiro atoms. The number of hydrogen-bond acceptors (Lipinski definition) is 3. The number of piperidine rings is 1. The maximum atomic E-state index is 4.09. The zero-order chi connectivity index (χ0) is 9.64. The average Bonchev–Trinajstić information content (AvgIpc) is 2.29. The van der Waals surface area contributed by atoms with E-state index >= 15 is 0 Å². The van der Waals surface area contributed by atoms with Crippen molar-refractivity contribution in [1.82, 2.24) is 15.6 Å². The molecule has 6 heteroatoms. The van der Waals surface area contributed by atoms with E-state index in [0.717, 1.165) is 13.1 Å². The minimum absolute atomic E-state index is 0. The molecule has 1 aliphatic rings. The van der Waals surface area contributed by atoms with Gasteiger partial charge < -0.3 is 10.6 Å². The third kappa shape index (κ3) is 7.06. The van der Waals surface area contributed by atoms with Crippen LogP contribution in [0.1, 0.15) is 18.4 Å². The zero-order valence-corrected chi connectivity index (χ0v) is 12.0. The maximum absolute atomic E-state index is 4.09. The smallest absolute Gasteiger partial charge is 0.0312 e. The van der Waals surface area contributed by atoms with E-state index in [1.54, 1.807) is 0 Å². The van der Waals surface area contributed by atoms with Crippen LogP contribution in [0.15, 0.2) is 24.5 Å². The first-order valence-electron chi connectivity index (χ1n) is 5.28. The fourth-order valence-corrected chi connectivity index (χ4v) is 1.79. The normalized spacial score (nSPS) is 18.2. The van der Waals surface area contributed by atoms with Gasteiger partial charge in [-0.15, -0.1) is 37.2 Å². The first-order valence-corrected chi connectivity index (χ1v) is 5.28. The van der Waals surface area contributed by atoms with Gasteiger partial charge in [-0.05, 0) is 31.0 Å². The van der Waals surface area contributed by atoms with E-state index in [-0.39, 0.29) is 37.2 Å². The predicted molar refractivity (Wildman–Crippen MR) is 78.7 cm³/mol. The Kier molecular flexibility index (Phi) is 12.5. The Morgan fingerprint density at radius 1 is 1.35 bits per heavy atom. The van der Waals surface area contributed by atoms with Crippen molar-refractivity contribution in [2.75, 3.05) is 13.1 Å². The van der Waals surface area contributed by atoms with Crippen LogP contribution in [0.4, 0.5) is 0 Å². The number of hydrogen-bond donors (Lipinski definition) is 2. The summed E-state index contributed by atoms with van der Waals surface area (Å²) < 4.78 is 0. The lowest BCUT2D eigenvalue weighted by Gasteiger charge is -2.23. The van der Waals surface area contributed by atoms with Gasteiger partial charge in [-0.25, -0.2) is 0 Å². The number of nitrogens with zero attached hydrogens (tertiary/aromatic N) is 1. The van der Waals surface area contributed by atoms with E-state index in [9.17, 15) is 0 Å². The van der Waals surface area contributed by atoms with Crippen LogP contribution in [0.25, 0.3) is 0 Å². The van der Waals surface area contributed by atoms with Crippen molar-refractivity contribution in [3.8, 4) is 0 Å². The maximum Gasteiger partial charge on any atom is 0.0312 e. The number of pyridine rings is 1. The molecule has 0 saturated carbocycles. The van der Waals surface area contributed by atoms with Crippen LogP contribution in [0.2, 0.25) is 0 Å². The van der Waals surface area contributed by atoms with Gasteiger partial charge in [0.2, 0.25) is 0 Å². The van der Waals surface area contributed by atoms with Crippen LogP contribution in [-0.2, 0) is 6.54 Å². The highest BCUT2D eigenvalue weighted by atomic mass is 35.5. The second kappa shape index (κ2) is 11.1. The average molecular weight is 301 g/mol. The molecule has 1 aromatic heterocycles. The van der Waals surface area contributed by atoms with Gasteiger partial charge in [-0.3, -0.25) is 4.98 Å². The quantitative estimate of drug-likeness (QED) is 0.898. The summed E-state index contributed by atoms with van der Waals surface area (Å²) in [6.07, 6.45) is 6.30. The lowest BCUT2D eigenvalue weighted by atomic mass is 10.1. The minimum atomic E-state index is 0. The van der Waals surface area contributed by atoms with Gasteiger partial charge in [0.25, 0.3) is 0 Å². The summed E-state index contributed by atoms with van der Waals surface area (Å²) in [6.45, 7) is 3.20. The van der Waals surface area contributed by atoms with Crippen LogP contribution in [0.3, 0.4) is 0 Å². The van der Waals surface area contributed by atoms with Crippen molar-refractivity contribution in [2.24, 2.45) is 0 Å². The molecule has 0 radical (unpaired) electrons. The molecule has 2 N–H and O–H groups in total.